The second-order valence-corrected chi connectivity index (χ2v) is 4.08. The number of carbonyl (C=O) groups excluding carboxylic acids is 1. The summed E-state index contributed by atoms with van der Waals surface area (Å²) in [6.07, 6.45) is -0.114. The number of hydrogen-bond donors (Lipinski definition) is 0. The van der Waals surface area contributed by atoms with Crippen molar-refractivity contribution in [1.82, 2.24) is 5.06 Å². The summed E-state index contributed by atoms with van der Waals surface area (Å²) in [4.78, 5) is 16.9. The van der Waals surface area contributed by atoms with Gasteiger partial charge in [-0.3, -0.25) is 9.63 Å². The van der Waals surface area contributed by atoms with Crippen LogP contribution in [-0.2, 0) is 30.4 Å². The number of benzene rings is 1. The van der Waals surface area contributed by atoms with E-state index in [1.807, 2.05) is 30.3 Å². The van der Waals surface area contributed by atoms with Crippen molar-refractivity contribution in [2.45, 2.75) is 18.9 Å². The molecule has 0 N–H and O–H groups in total. The predicted molar refractivity (Wildman–Crippen MR) is 72.4 cm³/mol. The molecule has 0 fully saturated rings. The van der Waals surface area contributed by atoms with Crippen LogP contribution in [0, 0.1) is 0 Å². The number of methoxy groups -OCH3 is 3. The summed E-state index contributed by atoms with van der Waals surface area (Å²) in [6, 6.07) is 9.66. The lowest BCUT2D eigenvalue weighted by molar-refractivity contribution is -0.392. The van der Waals surface area contributed by atoms with E-state index in [9.17, 15) is 4.79 Å². The van der Waals surface area contributed by atoms with Crippen LogP contribution in [0.3, 0.4) is 0 Å². The zero-order valence-electron chi connectivity index (χ0n) is 12.3. The molecule has 0 bridgehead atoms. The summed E-state index contributed by atoms with van der Waals surface area (Å²) in [5.41, 5.74) is 0.998. The van der Waals surface area contributed by atoms with Gasteiger partial charge in [-0.15, -0.1) is 5.06 Å². The van der Waals surface area contributed by atoms with Crippen molar-refractivity contribution in [1.29, 1.82) is 0 Å². The SMILES string of the molecule is COC(=O)CC(OC)(OC)N(Cc1ccccc1)OC. The van der Waals surface area contributed by atoms with E-state index in [1.54, 1.807) is 0 Å². The molecule has 0 unspecified atom stereocenters. The molecule has 0 heterocycles. The fourth-order valence-corrected chi connectivity index (χ4v) is 1.85. The molecule has 6 heteroatoms. The van der Waals surface area contributed by atoms with Gasteiger partial charge in [0, 0.05) is 14.2 Å². The summed E-state index contributed by atoms with van der Waals surface area (Å²) in [6.45, 7) is 0.399. The first-order chi connectivity index (χ1) is 9.61. The number of carbonyl (C=O) groups is 1. The van der Waals surface area contributed by atoms with Crippen molar-refractivity contribution in [2.75, 3.05) is 28.4 Å². The topological polar surface area (TPSA) is 57.2 Å². The predicted octanol–water partition coefficient (Wildman–Crippen LogP) is 1.56. The maximum atomic E-state index is 11.6. The van der Waals surface area contributed by atoms with Crippen LogP contribution >= 0.6 is 0 Å². The van der Waals surface area contributed by atoms with E-state index in [4.69, 9.17) is 14.3 Å². The van der Waals surface area contributed by atoms with Gasteiger partial charge in [-0.25, -0.2) is 0 Å². The van der Waals surface area contributed by atoms with Crippen LogP contribution in [0.15, 0.2) is 30.3 Å². The maximum Gasteiger partial charge on any atom is 0.312 e. The number of nitrogens with zero attached hydrogens (tertiary/aromatic N) is 1. The number of esters is 1. The fraction of sp³-hybridized carbons (Fsp3) is 0.500. The third-order valence-corrected chi connectivity index (χ3v) is 3.00. The molecule has 0 aliphatic rings. The molecule has 0 amide bonds. The smallest absolute Gasteiger partial charge is 0.312 e. The Kier molecular flexibility index (Phi) is 6.60. The molecule has 20 heavy (non-hydrogen) atoms. The molecule has 0 atom stereocenters. The van der Waals surface area contributed by atoms with Crippen molar-refractivity contribution in [3.05, 3.63) is 35.9 Å². The van der Waals surface area contributed by atoms with E-state index < -0.39 is 11.9 Å². The van der Waals surface area contributed by atoms with Crippen LogP contribution in [0.5, 0.6) is 0 Å². The zero-order chi connectivity index (χ0) is 15.0. The summed E-state index contributed by atoms with van der Waals surface area (Å²) in [5, 5.41) is 1.46. The highest BCUT2D eigenvalue weighted by Gasteiger charge is 2.41. The van der Waals surface area contributed by atoms with Crippen LogP contribution in [0.25, 0.3) is 0 Å². The standard InChI is InChI=1S/C14H21NO5/c1-17-13(16)10-14(18-2,19-3)15(20-4)11-12-8-6-5-7-9-12/h5-9H,10-11H2,1-4H3. The van der Waals surface area contributed by atoms with Crippen LogP contribution in [-0.4, -0.2) is 45.4 Å². The Hall–Kier alpha value is -1.47. The molecular weight excluding hydrogens is 262 g/mol. The van der Waals surface area contributed by atoms with Gasteiger partial charge >= 0.3 is 5.97 Å². The van der Waals surface area contributed by atoms with E-state index in [2.05, 4.69) is 4.74 Å². The van der Waals surface area contributed by atoms with E-state index in [0.29, 0.717) is 6.54 Å². The summed E-state index contributed by atoms with van der Waals surface area (Å²) >= 11 is 0. The summed E-state index contributed by atoms with van der Waals surface area (Å²) in [7, 11) is 5.70. The molecule has 0 aromatic heterocycles. The Morgan fingerprint density at radius 3 is 2.15 bits per heavy atom. The van der Waals surface area contributed by atoms with E-state index in [0.717, 1.165) is 5.56 Å². The Labute approximate surface area is 119 Å². The monoisotopic (exact) mass is 283 g/mol. The average Bonchev–Trinajstić information content (AvgIpc) is 2.51. The molecule has 0 saturated carbocycles. The molecule has 6 nitrogen and oxygen atoms in total. The molecular formula is C14H21NO5. The second kappa shape index (κ2) is 7.96. The van der Waals surface area contributed by atoms with Gasteiger partial charge in [0.1, 0.15) is 6.42 Å². The van der Waals surface area contributed by atoms with Crippen LogP contribution in [0.2, 0.25) is 0 Å². The average molecular weight is 283 g/mol. The first kappa shape index (κ1) is 16.6. The van der Waals surface area contributed by atoms with Gasteiger partial charge in [0.2, 0.25) is 0 Å². The lowest BCUT2D eigenvalue weighted by atomic mass is 10.2. The van der Waals surface area contributed by atoms with E-state index >= 15 is 0 Å². The van der Waals surface area contributed by atoms with Gasteiger partial charge in [-0.05, 0) is 5.56 Å². The minimum absolute atomic E-state index is 0.114. The van der Waals surface area contributed by atoms with Crippen molar-refractivity contribution >= 4 is 5.97 Å². The minimum atomic E-state index is -1.34. The van der Waals surface area contributed by atoms with Crippen LogP contribution < -0.4 is 0 Å². The lowest BCUT2D eigenvalue weighted by Gasteiger charge is -2.38. The Morgan fingerprint density at radius 1 is 1.10 bits per heavy atom. The molecule has 1 aromatic rings. The second-order valence-electron chi connectivity index (χ2n) is 4.08. The fourth-order valence-electron chi connectivity index (χ4n) is 1.85. The normalized spacial score (nSPS) is 11.7. The molecule has 112 valence electrons. The molecule has 0 aliphatic heterocycles. The molecule has 0 aliphatic carbocycles. The number of ether oxygens (including phenoxy) is 3. The minimum Gasteiger partial charge on any atom is -0.469 e. The first-order valence-corrected chi connectivity index (χ1v) is 6.14. The largest absolute Gasteiger partial charge is 0.469 e. The molecule has 1 aromatic carbocycles. The molecule has 0 saturated heterocycles. The van der Waals surface area contributed by atoms with Crippen molar-refractivity contribution in [3.63, 3.8) is 0 Å². The highest BCUT2D eigenvalue weighted by molar-refractivity contribution is 5.70. The van der Waals surface area contributed by atoms with Gasteiger partial charge in [0.15, 0.2) is 0 Å². The molecule has 0 radical (unpaired) electrons. The highest BCUT2D eigenvalue weighted by Crippen LogP contribution is 2.25. The van der Waals surface area contributed by atoms with Gasteiger partial charge in [0.05, 0.1) is 20.8 Å². The lowest BCUT2D eigenvalue weighted by Crippen LogP contribution is -2.52. The van der Waals surface area contributed by atoms with E-state index in [1.165, 1.54) is 33.5 Å². The third kappa shape index (κ3) is 4.01. The van der Waals surface area contributed by atoms with Gasteiger partial charge < -0.3 is 14.2 Å². The van der Waals surface area contributed by atoms with Crippen LogP contribution in [0.4, 0.5) is 0 Å². The Balaban J connectivity index is 2.93. The van der Waals surface area contributed by atoms with Crippen molar-refractivity contribution < 1.29 is 23.8 Å². The number of hydrogen-bond acceptors (Lipinski definition) is 6. The quantitative estimate of drug-likeness (QED) is 0.410. The molecule has 1 rings (SSSR count). The highest BCUT2D eigenvalue weighted by atomic mass is 16.8. The van der Waals surface area contributed by atoms with Crippen molar-refractivity contribution in [3.8, 4) is 0 Å². The van der Waals surface area contributed by atoms with Gasteiger partial charge in [0.25, 0.3) is 5.91 Å². The van der Waals surface area contributed by atoms with Crippen molar-refractivity contribution in [2.24, 2.45) is 0 Å². The summed E-state index contributed by atoms with van der Waals surface area (Å²) in [5.74, 6) is -1.79. The summed E-state index contributed by atoms with van der Waals surface area (Å²) < 4.78 is 15.4. The van der Waals surface area contributed by atoms with Gasteiger partial charge in [-0.2, -0.15) is 0 Å². The van der Waals surface area contributed by atoms with Gasteiger partial charge in [-0.1, -0.05) is 30.3 Å². The van der Waals surface area contributed by atoms with Crippen LogP contribution in [0.1, 0.15) is 12.0 Å². The number of rotatable bonds is 8. The zero-order valence-corrected chi connectivity index (χ0v) is 12.3. The number of hydroxylamine groups is 2. The Morgan fingerprint density at radius 2 is 1.70 bits per heavy atom. The first-order valence-electron chi connectivity index (χ1n) is 6.14. The third-order valence-electron chi connectivity index (χ3n) is 3.00. The van der Waals surface area contributed by atoms with E-state index in [-0.39, 0.29) is 6.42 Å². The Bertz CT molecular complexity index is 405. The molecule has 0 spiro atoms. The maximum absolute atomic E-state index is 11.6.